The molecule has 0 amide bonds. The quantitative estimate of drug-likeness (QED) is 0.275. The fourth-order valence-electron chi connectivity index (χ4n) is 0.383. The number of aliphatic carboxylic acids is 1. The van der Waals surface area contributed by atoms with Gasteiger partial charge < -0.3 is 6.53 Å². The maximum absolute atomic E-state index is 10.1. The minimum absolute atomic E-state index is 0. The van der Waals surface area contributed by atoms with E-state index in [-0.39, 0.29) is 31.0 Å². The summed E-state index contributed by atoms with van der Waals surface area (Å²) in [6.45, 7) is 1.21. The largest absolute Gasteiger partial charge is 1.00 e. The first kappa shape index (κ1) is 13.7. The van der Waals surface area contributed by atoms with Crippen LogP contribution in [-0.2, 0) is 14.9 Å². The van der Waals surface area contributed by atoms with Crippen molar-refractivity contribution >= 4 is 16.1 Å². The molecule has 0 unspecified atom stereocenters. The molecule has 0 aromatic carbocycles. The Kier molecular flexibility index (Phi) is 6.09. The second kappa shape index (κ2) is 4.89. The monoisotopic (exact) mass is 190 g/mol. The Balaban J connectivity index is -0.000000405. The van der Waals surface area contributed by atoms with Gasteiger partial charge in [-0.2, -0.15) is 8.42 Å². The maximum atomic E-state index is 10.1. The predicted molar refractivity (Wildman–Crippen MR) is 34.1 cm³/mol. The van der Waals surface area contributed by atoms with Gasteiger partial charge in [0, 0.05) is 0 Å². The van der Waals surface area contributed by atoms with Crippen LogP contribution in [-0.4, -0.2) is 24.0 Å². The van der Waals surface area contributed by atoms with E-state index in [1.807, 2.05) is 0 Å². The summed E-state index contributed by atoms with van der Waals surface area (Å²) >= 11 is 0. The molecule has 0 aliphatic carbocycles. The molecule has 0 radical (unpaired) electrons. The van der Waals surface area contributed by atoms with Gasteiger partial charge in [0.1, 0.15) is 0 Å². The summed E-state index contributed by atoms with van der Waals surface area (Å²) in [5.41, 5.74) is 0. The molecule has 0 fully saturated rings. The first-order valence-electron chi connectivity index (χ1n) is 2.26. The van der Waals surface area contributed by atoms with Crippen molar-refractivity contribution in [2.75, 3.05) is 0 Å². The van der Waals surface area contributed by atoms with E-state index in [1.54, 1.807) is 0 Å². The van der Waals surface area contributed by atoms with Gasteiger partial charge in [-0.15, -0.1) is 0 Å². The molecule has 0 aromatic heterocycles. The summed E-state index contributed by atoms with van der Waals surface area (Å²) in [6.07, 6.45) is 0.803. The molecule has 0 bridgehead atoms. The second-order valence-electron chi connectivity index (χ2n) is 1.43. The number of rotatable bonds is 2. The summed E-state index contributed by atoms with van der Waals surface area (Å²) in [5.74, 6) is -1.66. The first-order chi connectivity index (χ1) is 4.39. The molecule has 0 heterocycles. The van der Waals surface area contributed by atoms with E-state index in [0.717, 1.165) is 6.08 Å². The Hall–Kier alpha value is 0.120. The molecule has 0 spiro atoms. The zero-order valence-corrected chi connectivity index (χ0v) is 8.92. The van der Waals surface area contributed by atoms with Crippen LogP contribution in [0.3, 0.4) is 0 Å². The smallest absolute Gasteiger partial charge is 1.00 e. The van der Waals surface area contributed by atoms with Crippen molar-refractivity contribution < 1.29 is 53.9 Å². The number of carboxylic acid groups (broad SMARTS) is 1. The molecule has 0 saturated carbocycles. The molecule has 2 N–H and O–H groups in total. The van der Waals surface area contributed by atoms with E-state index < -0.39 is 21.0 Å². The van der Waals surface area contributed by atoms with Crippen molar-refractivity contribution in [3.8, 4) is 0 Å². The van der Waals surface area contributed by atoms with Crippen LogP contribution in [0.15, 0.2) is 11.0 Å². The third-order valence-electron chi connectivity index (χ3n) is 0.751. The molecule has 11 heavy (non-hydrogen) atoms. The average molecular weight is 190 g/mol. The zero-order chi connectivity index (χ0) is 8.36. The summed E-state index contributed by atoms with van der Waals surface area (Å²) in [7, 11) is -4.55. The van der Waals surface area contributed by atoms with Gasteiger partial charge >= 0.3 is 45.6 Å². The van der Waals surface area contributed by atoms with Crippen molar-refractivity contribution in [2.45, 2.75) is 6.92 Å². The first-order valence-corrected chi connectivity index (χ1v) is 3.70. The molecule has 0 aliphatic heterocycles. The molecule has 7 heteroatoms. The van der Waals surface area contributed by atoms with Crippen LogP contribution < -0.4 is 29.6 Å². The Morgan fingerprint density at radius 3 is 1.91 bits per heavy atom. The van der Waals surface area contributed by atoms with Crippen molar-refractivity contribution in [3.05, 3.63) is 11.0 Å². The molecule has 0 aliphatic rings. The summed E-state index contributed by atoms with van der Waals surface area (Å²) in [5, 5.41) is 8.10. The van der Waals surface area contributed by atoms with Crippen LogP contribution >= 0.6 is 0 Å². The van der Waals surface area contributed by atoms with Gasteiger partial charge in [-0.3, -0.25) is 4.55 Å². The van der Waals surface area contributed by atoms with Crippen molar-refractivity contribution in [3.63, 3.8) is 0 Å². The Morgan fingerprint density at radius 2 is 1.91 bits per heavy atom. The average Bonchev–Trinajstić information content (AvgIpc) is 1.60. The molecular weight excluding hydrogens is 183 g/mol. The van der Waals surface area contributed by atoms with E-state index >= 15 is 0 Å². The molecule has 5 nitrogen and oxygen atoms in total. The number of carbonyl (C=O) groups is 1. The summed E-state index contributed by atoms with van der Waals surface area (Å²) < 4.78 is 28.4. The van der Waals surface area contributed by atoms with Crippen LogP contribution in [0.25, 0.3) is 0 Å². The van der Waals surface area contributed by atoms with Gasteiger partial charge in [0.25, 0.3) is 0 Å². The SMILES string of the molecule is CC=C(C(=O)O)S(=O)(=O)O.[H-].[Na+]. The molecule has 0 atom stereocenters. The van der Waals surface area contributed by atoms with Crippen LogP contribution in [0.1, 0.15) is 8.35 Å². The standard InChI is InChI=1S/C4H6O5S.Na.H/c1-2-3(4(5)6)10(7,8)9;;/h2H,1H3,(H,5,6)(H,7,8,9);;/q;+1;-1. The van der Waals surface area contributed by atoms with Gasteiger partial charge in [-0.05, 0) is 6.92 Å². The van der Waals surface area contributed by atoms with Crippen molar-refractivity contribution in [1.29, 1.82) is 0 Å². The fourth-order valence-corrected chi connectivity index (χ4v) is 0.901. The van der Waals surface area contributed by atoms with Crippen LogP contribution in [0, 0.1) is 0 Å². The fraction of sp³-hybridized carbons (Fsp3) is 0.250. The van der Waals surface area contributed by atoms with Gasteiger partial charge in [0.2, 0.25) is 0 Å². The van der Waals surface area contributed by atoms with E-state index in [4.69, 9.17) is 9.66 Å². The predicted octanol–water partition coefficient (Wildman–Crippen LogP) is -3.02. The van der Waals surface area contributed by atoms with Crippen LogP contribution in [0.2, 0.25) is 0 Å². The molecule has 0 rings (SSSR count). The third kappa shape index (κ3) is 4.54. The van der Waals surface area contributed by atoms with Gasteiger partial charge in [-0.25, -0.2) is 4.79 Å². The number of hydrogen-bond acceptors (Lipinski definition) is 3. The molecular formula is C4H7NaO5S. The second-order valence-corrected chi connectivity index (χ2v) is 2.82. The molecule has 0 saturated heterocycles. The topological polar surface area (TPSA) is 91.7 Å². The van der Waals surface area contributed by atoms with Gasteiger partial charge in [-0.1, -0.05) is 6.08 Å². The molecule has 60 valence electrons. The Labute approximate surface area is 87.6 Å². The summed E-state index contributed by atoms with van der Waals surface area (Å²) in [4.78, 5) is 8.96. The van der Waals surface area contributed by atoms with E-state index in [2.05, 4.69) is 0 Å². The van der Waals surface area contributed by atoms with Crippen molar-refractivity contribution in [1.82, 2.24) is 0 Å². The molecule has 0 aromatic rings. The zero-order valence-electron chi connectivity index (χ0n) is 7.10. The van der Waals surface area contributed by atoms with E-state index in [0.29, 0.717) is 0 Å². The normalized spacial score (nSPS) is 12.0. The number of hydrogen-bond donors (Lipinski definition) is 2. The third-order valence-corrected chi connectivity index (χ3v) is 1.72. The Morgan fingerprint density at radius 1 is 1.55 bits per heavy atom. The van der Waals surface area contributed by atoms with Gasteiger partial charge in [0.05, 0.1) is 0 Å². The Bertz CT molecular complexity index is 269. The van der Waals surface area contributed by atoms with Crippen LogP contribution in [0.5, 0.6) is 0 Å². The number of allylic oxidation sites excluding steroid dienone is 1. The minimum Gasteiger partial charge on any atom is -1.00 e. The minimum atomic E-state index is -4.55. The van der Waals surface area contributed by atoms with Crippen LogP contribution in [0.4, 0.5) is 0 Å². The van der Waals surface area contributed by atoms with E-state index in [1.165, 1.54) is 6.92 Å². The maximum Gasteiger partial charge on any atom is 1.00 e. The van der Waals surface area contributed by atoms with Crippen molar-refractivity contribution in [2.24, 2.45) is 0 Å². The van der Waals surface area contributed by atoms with E-state index in [9.17, 15) is 13.2 Å². The summed E-state index contributed by atoms with van der Waals surface area (Å²) in [6, 6.07) is 0. The van der Waals surface area contributed by atoms with Gasteiger partial charge in [0.15, 0.2) is 4.91 Å². The number of carboxylic acids is 1.